The molecule has 1 aliphatic carbocycles. The fourth-order valence-electron chi connectivity index (χ4n) is 7.34. The number of fused-ring (bicyclic) bond motifs is 3. The Labute approximate surface area is 262 Å². The van der Waals surface area contributed by atoms with E-state index in [1.807, 2.05) is 59.5 Å². The number of amides is 1. The first-order valence-corrected chi connectivity index (χ1v) is 15.2. The summed E-state index contributed by atoms with van der Waals surface area (Å²) in [6, 6.07) is 17.6. The maximum atomic E-state index is 13.6. The number of nitrogens with zero attached hydrogens (tertiary/aromatic N) is 2. The lowest BCUT2D eigenvalue weighted by molar-refractivity contribution is -0.141. The van der Waals surface area contributed by atoms with Gasteiger partial charge in [-0.05, 0) is 52.6 Å². The highest BCUT2D eigenvalue weighted by atomic mass is 16.7. The molecule has 3 heterocycles. The van der Waals surface area contributed by atoms with Crippen LogP contribution in [0.4, 0.5) is 0 Å². The van der Waals surface area contributed by atoms with Crippen LogP contribution in [0.15, 0.2) is 60.7 Å². The molecule has 4 atom stereocenters. The molecule has 1 amide bonds. The minimum Gasteiger partial charge on any atom is -0.493 e. The lowest BCUT2D eigenvalue weighted by Gasteiger charge is -2.46. The van der Waals surface area contributed by atoms with Gasteiger partial charge in [-0.1, -0.05) is 30.3 Å². The molecule has 2 fully saturated rings. The molecule has 0 unspecified atom stereocenters. The van der Waals surface area contributed by atoms with E-state index in [2.05, 4.69) is 11.0 Å². The van der Waals surface area contributed by atoms with Gasteiger partial charge in [0, 0.05) is 50.1 Å². The van der Waals surface area contributed by atoms with Gasteiger partial charge in [0.25, 0.3) is 0 Å². The first-order valence-electron chi connectivity index (χ1n) is 15.2. The van der Waals surface area contributed by atoms with E-state index in [9.17, 15) is 9.59 Å². The van der Waals surface area contributed by atoms with Crippen LogP contribution in [0.3, 0.4) is 0 Å². The summed E-state index contributed by atoms with van der Waals surface area (Å²) < 4.78 is 34.4. The predicted molar refractivity (Wildman–Crippen MR) is 165 cm³/mol. The zero-order valence-corrected chi connectivity index (χ0v) is 25.6. The normalized spacial score (nSPS) is 23.8. The zero-order valence-electron chi connectivity index (χ0n) is 25.6. The van der Waals surface area contributed by atoms with Crippen LogP contribution in [-0.4, -0.2) is 82.6 Å². The van der Waals surface area contributed by atoms with Crippen molar-refractivity contribution < 1.29 is 38.0 Å². The summed E-state index contributed by atoms with van der Waals surface area (Å²) in [6.07, 6.45) is 3.49. The van der Waals surface area contributed by atoms with Gasteiger partial charge in [0.15, 0.2) is 23.0 Å². The third kappa shape index (κ3) is 5.12. The van der Waals surface area contributed by atoms with Crippen molar-refractivity contribution in [3.8, 4) is 28.7 Å². The zero-order chi connectivity index (χ0) is 31.1. The smallest absolute Gasteiger partial charge is 0.310 e. The number of cyclic esters (lactones) is 1. The molecule has 3 aliphatic heterocycles. The lowest BCUT2D eigenvalue weighted by atomic mass is 9.64. The molecule has 0 N–H and O–H groups in total. The average Bonchev–Trinajstić information content (AvgIpc) is 3.71. The van der Waals surface area contributed by atoms with Gasteiger partial charge in [-0.25, -0.2) is 0 Å². The van der Waals surface area contributed by atoms with E-state index in [0.29, 0.717) is 61.5 Å². The lowest BCUT2D eigenvalue weighted by Crippen LogP contribution is -2.52. The van der Waals surface area contributed by atoms with Crippen molar-refractivity contribution in [3.63, 3.8) is 0 Å². The van der Waals surface area contributed by atoms with Gasteiger partial charge in [0.2, 0.25) is 18.4 Å². The number of piperazine rings is 1. The van der Waals surface area contributed by atoms with E-state index in [4.69, 9.17) is 28.4 Å². The summed E-state index contributed by atoms with van der Waals surface area (Å²) in [5.41, 5.74) is 3.89. The molecule has 3 aromatic carbocycles. The Morgan fingerprint density at radius 2 is 1.51 bits per heavy atom. The van der Waals surface area contributed by atoms with Gasteiger partial charge in [-0.3, -0.25) is 14.5 Å². The molecule has 0 bridgehead atoms. The van der Waals surface area contributed by atoms with E-state index in [1.165, 1.54) is 0 Å². The highest BCUT2D eigenvalue weighted by Crippen LogP contribution is 2.57. The van der Waals surface area contributed by atoms with Crippen LogP contribution in [-0.2, 0) is 14.3 Å². The Hall–Kier alpha value is -4.70. The van der Waals surface area contributed by atoms with E-state index < -0.39 is 5.92 Å². The molecule has 2 saturated heterocycles. The predicted octanol–water partition coefficient (Wildman–Crippen LogP) is 4.27. The van der Waals surface area contributed by atoms with Crippen LogP contribution in [0.1, 0.15) is 34.2 Å². The Bertz CT molecular complexity index is 1610. The Morgan fingerprint density at radius 1 is 0.844 bits per heavy atom. The second-order valence-corrected chi connectivity index (χ2v) is 11.6. The standard InChI is InChI=1S/C35H36N2O8/c1-40-28-15-22(16-29(41-2)34(28)42-3)31-23-17-26-27(45-20-44-26)18-24(23)33(25-19-43-35(39)32(25)31)37-13-11-36(12-14-37)30(38)10-9-21-7-5-4-6-8-21/h4-10,15-18,25,31-33H,11-14,19-20H2,1-3H3/t25-,31+,32-,33+/m0/s1. The quantitative estimate of drug-likeness (QED) is 0.286. The topological polar surface area (TPSA) is 96.0 Å². The van der Waals surface area contributed by atoms with Gasteiger partial charge < -0.3 is 33.3 Å². The summed E-state index contributed by atoms with van der Waals surface area (Å²) >= 11 is 0. The molecule has 10 nitrogen and oxygen atoms in total. The highest BCUT2D eigenvalue weighted by molar-refractivity contribution is 5.91. The molecule has 4 aliphatic rings. The number of esters is 1. The number of methoxy groups -OCH3 is 3. The van der Waals surface area contributed by atoms with Crippen molar-refractivity contribution in [2.24, 2.45) is 11.8 Å². The Kier molecular flexibility index (Phi) is 7.75. The maximum absolute atomic E-state index is 13.6. The van der Waals surface area contributed by atoms with Crippen LogP contribution >= 0.6 is 0 Å². The fraction of sp³-hybridized carbons (Fsp3) is 0.371. The van der Waals surface area contributed by atoms with E-state index in [1.54, 1.807) is 27.4 Å². The van der Waals surface area contributed by atoms with Crippen LogP contribution < -0.4 is 23.7 Å². The highest BCUT2D eigenvalue weighted by Gasteiger charge is 2.54. The van der Waals surface area contributed by atoms with E-state index in [0.717, 1.165) is 22.3 Å². The molecule has 3 aromatic rings. The van der Waals surface area contributed by atoms with Crippen LogP contribution in [0.25, 0.3) is 6.08 Å². The molecular weight excluding hydrogens is 576 g/mol. The molecule has 7 rings (SSSR count). The van der Waals surface area contributed by atoms with E-state index >= 15 is 0 Å². The first-order chi connectivity index (χ1) is 22.0. The molecule has 0 radical (unpaired) electrons. The second kappa shape index (κ2) is 12.0. The molecule has 10 heteroatoms. The summed E-state index contributed by atoms with van der Waals surface area (Å²) in [5.74, 6) is 1.71. The monoisotopic (exact) mass is 612 g/mol. The van der Waals surface area contributed by atoms with Gasteiger partial charge in [-0.15, -0.1) is 0 Å². The van der Waals surface area contributed by atoms with E-state index in [-0.39, 0.29) is 36.5 Å². The first kappa shape index (κ1) is 29.0. The van der Waals surface area contributed by atoms with Crippen molar-refractivity contribution in [2.45, 2.75) is 12.0 Å². The molecule has 0 aromatic heterocycles. The van der Waals surface area contributed by atoms with Crippen LogP contribution in [0.2, 0.25) is 0 Å². The van der Waals surface area contributed by atoms with Gasteiger partial charge in [0.05, 0.1) is 33.9 Å². The minimum absolute atomic E-state index is 0.00867. The SMILES string of the molecule is COc1cc([C@@H]2c3cc4c(cc3[C@@H](N3CCN(C(=O)C=Cc5ccccc5)CC3)[C@H]3COC(=O)[C@H]23)OCO4)cc(OC)c1OC. The number of rotatable bonds is 7. The molecular formula is C35H36N2O8. The summed E-state index contributed by atoms with van der Waals surface area (Å²) in [6.45, 7) is 2.94. The van der Waals surface area contributed by atoms with Crippen molar-refractivity contribution >= 4 is 18.0 Å². The van der Waals surface area contributed by atoms with Crippen LogP contribution in [0, 0.1) is 11.8 Å². The second-order valence-electron chi connectivity index (χ2n) is 11.6. The van der Waals surface area contributed by atoms with Crippen LogP contribution in [0.5, 0.6) is 28.7 Å². The number of ether oxygens (including phenoxy) is 6. The Morgan fingerprint density at radius 3 is 2.16 bits per heavy atom. The molecule has 0 saturated carbocycles. The molecule has 45 heavy (non-hydrogen) atoms. The third-order valence-electron chi connectivity index (χ3n) is 9.43. The maximum Gasteiger partial charge on any atom is 0.310 e. The minimum atomic E-state index is -0.445. The summed E-state index contributed by atoms with van der Waals surface area (Å²) in [4.78, 5) is 30.9. The van der Waals surface area contributed by atoms with Gasteiger partial charge in [0.1, 0.15) is 0 Å². The molecule has 234 valence electrons. The number of hydrogen-bond acceptors (Lipinski definition) is 9. The number of benzene rings is 3. The summed E-state index contributed by atoms with van der Waals surface area (Å²) in [7, 11) is 4.73. The summed E-state index contributed by atoms with van der Waals surface area (Å²) in [5, 5.41) is 0. The number of carbonyl (C=O) groups excluding carboxylic acids is 2. The number of hydrogen-bond donors (Lipinski definition) is 0. The largest absolute Gasteiger partial charge is 0.493 e. The van der Waals surface area contributed by atoms with Gasteiger partial charge in [-0.2, -0.15) is 0 Å². The van der Waals surface area contributed by atoms with Crippen molar-refractivity contribution in [3.05, 3.63) is 82.9 Å². The van der Waals surface area contributed by atoms with Crippen molar-refractivity contribution in [1.82, 2.24) is 9.80 Å². The Balaban J connectivity index is 1.24. The van der Waals surface area contributed by atoms with Crippen molar-refractivity contribution in [1.29, 1.82) is 0 Å². The molecule has 0 spiro atoms. The van der Waals surface area contributed by atoms with Crippen molar-refractivity contribution in [2.75, 3.05) is 60.9 Å². The number of carbonyl (C=O) groups is 2. The third-order valence-corrected chi connectivity index (χ3v) is 9.43. The average molecular weight is 613 g/mol. The van der Waals surface area contributed by atoms with Gasteiger partial charge >= 0.3 is 5.97 Å². The fourth-order valence-corrected chi connectivity index (χ4v) is 7.34.